The number of methoxy groups -OCH3 is 1. The van der Waals surface area contributed by atoms with E-state index >= 15 is 0 Å². The summed E-state index contributed by atoms with van der Waals surface area (Å²) in [5.41, 5.74) is 3.62. The van der Waals surface area contributed by atoms with E-state index in [2.05, 4.69) is 36.2 Å². The molecule has 0 radical (unpaired) electrons. The number of amides is 1. The molecule has 1 unspecified atom stereocenters. The van der Waals surface area contributed by atoms with E-state index in [1.165, 1.54) is 11.1 Å². The zero-order chi connectivity index (χ0) is 21.8. The molecule has 0 aliphatic carbocycles. The van der Waals surface area contributed by atoms with Gasteiger partial charge in [-0.25, -0.2) is 0 Å². The molecule has 6 nitrogen and oxygen atoms in total. The minimum atomic E-state index is -0.0816. The number of nitrogens with zero attached hydrogens (tertiary/aromatic N) is 1. The lowest BCUT2D eigenvalue weighted by Crippen LogP contribution is -2.42. The Kier molecular flexibility index (Phi) is 6.66. The van der Waals surface area contributed by atoms with Gasteiger partial charge in [0.25, 0.3) is 0 Å². The van der Waals surface area contributed by atoms with Crippen molar-refractivity contribution in [1.82, 2.24) is 10.2 Å². The number of hydrogen-bond donors (Lipinski definition) is 1. The van der Waals surface area contributed by atoms with Crippen molar-refractivity contribution in [3.8, 4) is 17.2 Å². The molecule has 2 heterocycles. The Bertz CT molecular complexity index is 928. The monoisotopic (exact) mass is 424 g/mol. The van der Waals surface area contributed by atoms with E-state index in [4.69, 9.17) is 14.2 Å². The number of hydrogen-bond acceptors (Lipinski definition) is 5. The summed E-state index contributed by atoms with van der Waals surface area (Å²) >= 11 is 0. The first-order chi connectivity index (χ1) is 15.0. The van der Waals surface area contributed by atoms with Gasteiger partial charge < -0.3 is 19.5 Å². The first-order valence-electron chi connectivity index (χ1n) is 11.1. The van der Waals surface area contributed by atoms with Gasteiger partial charge in [-0.05, 0) is 53.3 Å². The molecule has 0 fully saturated rings. The molecule has 2 aliphatic heterocycles. The van der Waals surface area contributed by atoms with E-state index in [9.17, 15) is 4.79 Å². The normalized spacial score (nSPS) is 16.9. The lowest BCUT2D eigenvalue weighted by atomic mass is 9.95. The van der Waals surface area contributed by atoms with Crippen LogP contribution in [0, 0.1) is 5.92 Å². The van der Waals surface area contributed by atoms with Crippen LogP contribution >= 0.6 is 0 Å². The average molecular weight is 425 g/mol. The van der Waals surface area contributed by atoms with Crippen molar-refractivity contribution in [2.24, 2.45) is 5.92 Å². The van der Waals surface area contributed by atoms with Gasteiger partial charge in [0, 0.05) is 19.5 Å². The second kappa shape index (κ2) is 9.60. The highest BCUT2D eigenvalue weighted by molar-refractivity contribution is 5.78. The van der Waals surface area contributed by atoms with Crippen molar-refractivity contribution in [3.05, 3.63) is 53.1 Å². The fraction of sp³-hybridized carbons (Fsp3) is 0.480. The Balaban J connectivity index is 1.42. The van der Waals surface area contributed by atoms with Crippen LogP contribution in [0.5, 0.6) is 17.2 Å². The van der Waals surface area contributed by atoms with Gasteiger partial charge in [-0.3, -0.25) is 9.69 Å². The van der Waals surface area contributed by atoms with Gasteiger partial charge >= 0.3 is 0 Å². The Hall–Kier alpha value is -2.73. The van der Waals surface area contributed by atoms with Gasteiger partial charge in [-0.1, -0.05) is 26.0 Å². The highest BCUT2D eigenvalue weighted by atomic mass is 16.5. The van der Waals surface area contributed by atoms with Crippen LogP contribution in [0.2, 0.25) is 0 Å². The maximum Gasteiger partial charge on any atom is 0.234 e. The molecular formula is C25H32N2O4. The van der Waals surface area contributed by atoms with Gasteiger partial charge in [0.1, 0.15) is 5.75 Å². The summed E-state index contributed by atoms with van der Waals surface area (Å²) in [5.74, 6) is 2.69. The quantitative estimate of drug-likeness (QED) is 0.766. The van der Waals surface area contributed by atoms with Crippen LogP contribution in [0.25, 0.3) is 0 Å². The highest BCUT2D eigenvalue weighted by Crippen LogP contribution is 2.34. The first-order valence-corrected chi connectivity index (χ1v) is 11.1. The van der Waals surface area contributed by atoms with E-state index in [1.54, 1.807) is 7.11 Å². The summed E-state index contributed by atoms with van der Waals surface area (Å²) in [6.45, 7) is 7.58. The third kappa shape index (κ3) is 5.13. The number of carbonyl (C=O) groups excluding carboxylic acids is 1. The van der Waals surface area contributed by atoms with E-state index in [1.807, 2.05) is 24.3 Å². The Morgan fingerprint density at radius 1 is 1.10 bits per heavy atom. The molecule has 0 saturated carbocycles. The fourth-order valence-electron chi connectivity index (χ4n) is 4.28. The van der Waals surface area contributed by atoms with Crippen LogP contribution in [0.3, 0.4) is 0 Å². The molecular weight excluding hydrogens is 392 g/mol. The predicted molar refractivity (Wildman–Crippen MR) is 120 cm³/mol. The smallest absolute Gasteiger partial charge is 0.234 e. The minimum absolute atomic E-state index is 0.0390. The number of nitrogens with one attached hydrogen (secondary N) is 1. The van der Waals surface area contributed by atoms with Crippen LogP contribution in [0.1, 0.15) is 43.0 Å². The lowest BCUT2D eigenvalue weighted by molar-refractivity contribution is -0.123. The Morgan fingerprint density at radius 3 is 2.68 bits per heavy atom. The molecule has 31 heavy (non-hydrogen) atoms. The number of rotatable bonds is 6. The molecule has 2 aromatic rings. The number of ether oxygens (including phenoxy) is 3. The molecule has 6 heteroatoms. The summed E-state index contributed by atoms with van der Waals surface area (Å²) in [4.78, 5) is 15.1. The van der Waals surface area contributed by atoms with E-state index in [0.29, 0.717) is 19.8 Å². The van der Waals surface area contributed by atoms with Gasteiger partial charge in [0.15, 0.2) is 11.5 Å². The van der Waals surface area contributed by atoms with Crippen molar-refractivity contribution in [3.63, 3.8) is 0 Å². The third-order valence-corrected chi connectivity index (χ3v) is 5.99. The molecule has 0 saturated heterocycles. The topological polar surface area (TPSA) is 60.0 Å². The molecule has 1 atom stereocenters. The van der Waals surface area contributed by atoms with Crippen LogP contribution in [-0.2, 0) is 17.8 Å². The predicted octanol–water partition coefficient (Wildman–Crippen LogP) is 3.73. The summed E-state index contributed by atoms with van der Waals surface area (Å²) in [5, 5.41) is 3.25. The zero-order valence-electron chi connectivity index (χ0n) is 18.6. The van der Waals surface area contributed by atoms with Crippen molar-refractivity contribution in [1.29, 1.82) is 0 Å². The molecule has 4 rings (SSSR count). The number of benzene rings is 2. The summed E-state index contributed by atoms with van der Waals surface area (Å²) < 4.78 is 16.9. The Morgan fingerprint density at radius 2 is 1.90 bits per heavy atom. The highest BCUT2D eigenvalue weighted by Gasteiger charge is 2.24. The summed E-state index contributed by atoms with van der Waals surface area (Å²) in [6, 6.07) is 12.1. The number of carbonyl (C=O) groups is 1. The maximum absolute atomic E-state index is 12.9. The van der Waals surface area contributed by atoms with Crippen LogP contribution in [-0.4, -0.2) is 44.2 Å². The van der Waals surface area contributed by atoms with Crippen LogP contribution < -0.4 is 19.5 Å². The van der Waals surface area contributed by atoms with Crippen LogP contribution in [0.4, 0.5) is 0 Å². The molecule has 2 aromatic carbocycles. The van der Waals surface area contributed by atoms with E-state index in [0.717, 1.165) is 48.7 Å². The lowest BCUT2D eigenvalue weighted by Gasteiger charge is -2.30. The van der Waals surface area contributed by atoms with Crippen molar-refractivity contribution < 1.29 is 19.0 Å². The molecule has 2 aliphatic rings. The van der Waals surface area contributed by atoms with Crippen molar-refractivity contribution in [2.45, 2.75) is 39.3 Å². The van der Waals surface area contributed by atoms with Gasteiger partial charge in [-0.2, -0.15) is 0 Å². The number of fused-ring (bicyclic) bond motifs is 2. The van der Waals surface area contributed by atoms with Crippen molar-refractivity contribution >= 4 is 5.91 Å². The average Bonchev–Trinajstić information content (AvgIpc) is 3.01. The zero-order valence-corrected chi connectivity index (χ0v) is 18.6. The minimum Gasteiger partial charge on any atom is -0.497 e. The van der Waals surface area contributed by atoms with Gasteiger partial charge in [-0.15, -0.1) is 0 Å². The second-order valence-corrected chi connectivity index (χ2v) is 8.64. The first kappa shape index (κ1) is 21.5. The molecule has 166 valence electrons. The largest absolute Gasteiger partial charge is 0.497 e. The van der Waals surface area contributed by atoms with Gasteiger partial charge in [0.05, 0.1) is 32.9 Å². The molecule has 1 N–H and O–H groups in total. The molecule has 0 aromatic heterocycles. The SMILES string of the molecule is COc1ccc2c(c1)CN(CC(=O)NC(c1ccc3c(c1)OCCCO3)C(C)C)CC2. The molecule has 0 spiro atoms. The van der Waals surface area contributed by atoms with Crippen LogP contribution in [0.15, 0.2) is 36.4 Å². The molecule has 1 amide bonds. The summed E-state index contributed by atoms with van der Waals surface area (Å²) in [6.07, 6.45) is 1.82. The second-order valence-electron chi connectivity index (χ2n) is 8.64. The summed E-state index contributed by atoms with van der Waals surface area (Å²) in [7, 11) is 1.68. The standard InChI is InChI=1S/C25H32N2O4/c1-17(2)25(19-6-8-22-23(14-19)31-12-4-11-30-22)26-24(28)16-27-10-9-18-5-7-21(29-3)13-20(18)15-27/h5-8,13-14,17,25H,4,9-12,15-16H2,1-3H3,(H,26,28). The Labute approximate surface area is 184 Å². The van der Waals surface area contributed by atoms with E-state index < -0.39 is 0 Å². The van der Waals surface area contributed by atoms with E-state index in [-0.39, 0.29) is 17.9 Å². The van der Waals surface area contributed by atoms with Gasteiger partial charge in [0.2, 0.25) is 5.91 Å². The maximum atomic E-state index is 12.9. The molecule has 0 bridgehead atoms. The van der Waals surface area contributed by atoms with Crippen molar-refractivity contribution in [2.75, 3.05) is 33.4 Å². The fourth-order valence-corrected chi connectivity index (χ4v) is 4.28. The third-order valence-electron chi connectivity index (χ3n) is 5.99.